The Hall–Kier alpha value is 5.73. The van der Waals surface area contributed by atoms with Gasteiger partial charge in [-0.15, -0.1) is 0 Å². The van der Waals surface area contributed by atoms with E-state index in [4.69, 9.17) is 0 Å². The Balaban J connectivity index is 0. The van der Waals surface area contributed by atoms with Gasteiger partial charge in [0.25, 0.3) is 0 Å². The van der Waals surface area contributed by atoms with Crippen LogP contribution in [0.25, 0.3) is 0 Å². The van der Waals surface area contributed by atoms with Crippen molar-refractivity contribution in [3.05, 3.63) is 0 Å². The van der Waals surface area contributed by atoms with Crippen molar-refractivity contribution in [1.82, 2.24) is 0 Å². The largest absolute Gasteiger partial charge is 3.00 e. The van der Waals surface area contributed by atoms with Crippen LogP contribution in [0.4, 0.5) is 0 Å². The maximum atomic E-state index is 0. The summed E-state index contributed by atoms with van der Waals surface area (Å²) in [4.78, 5) is 0. The Morgan fingerprint density at radius 1 is 0.400 bits per heavy atom. The zero-order valence-corrected chi connectivity index (χ0v) is 22.1. The molecule has 0 aromatic carbocycles. The third kappa shape index (κ3) is 67.8. The first-order valence-corrected chi connectivity index (χ1v) is 0. The van der Waals surface area contributed by atoms with Crippen LogP contribution < -0.4 is 0 Å². The van der Waals surface area contributed by atoms with Gasteiger partial charge in [0.1, 0.15) is 0 Å². The summed E-state index contributed by atoms with van der Waals surface area (Å²) in [6.45, 7) is 0. The van der Waals surface area contributed by atoms with Crippen LogP contribution in [0.2, 0.25) is 0 Å². The Morgan fingerprint density at radius 2 is 0.400 bits per heavy atom. The second-order valence-electron chi connectivity index (χ2n) is 0. The molecule has 0 aromatic rings. The Bertz CT molecular complexity index is 17.6. The molecule has 10 heteroatoms. The molecule has 4 radical (unpaired) electrons. The summed E-state index contributed by atoms with van der Waals surface area (Å²) < 4.78 is 0. The first kappa shape index (κ1) is 104. The molecular formula is Cu2In2SSe5. The van der Waals surface area contributed by atoms with E-state index in [2.05, 4.69) is 0 Å². The van der Waals surface area contributed by atoms with Crippen LogP contribution in [-0.2, 0) is 34.1 Å². The van der Waals surface area contributed by atoms with Gasteiger partial charge in [0, 0.05) is 13.5 Å². The molecule has 0 saturated carbocycles. The molecule has 0 atom stereocenters. The van der Waals surface area contributed by atoms with Crippen LogP contribution in [0.5, 0.6) is 0 Å². The van der Waals surface area contributed by atoms with E-state index in [1.165, 1.54) is 0 Å². The Kier molecular flexibility index (Phi) is 880. The van der Waals surface area contributed by atoms with Gasteiger partial charge >= 0.3 is 85.8 Å². The van der Waals surface area contributed by atoms with E-state index in [9.17, 15) is 0 Å². The summed E-state index contributed by atoms with van der Waals surface area (Å²) in [7, 11) is 0. The molecule has 0 heterocycles. The van der Waals surface area contributed by atoms with E-state index < -0.39 is 0 Å². The monoisotopic (exact) mass is 787 g/mol. The molecule has 0 bridgehead atoms. The molecule has 0 fully saturated rings. The predicted octanol–water partition coefficient (Wildman–Crippen LogP) is -2.02. The quantitative estimate of drug-likeness (QED) is 0.250. The molecule has 0 aliphatic carbocycles. The van der Waals surface area contributed by atoms with E-state index in [1.807, 2.05) is 0 Å². The number of rotatable bonds is 0. The van der Waals surface area contributed by atoms with Gasteiger partial charge in [-0.25, -0.2) is 0 Å². The van der Waals surface area contributed by atoms with E-state index in [-0.39, 0.29) is 185 Å². The fourth-order valence-electron chi connectivity index (χ4n) is 0. The molecule has 0 unspecified atom stereocenters. The minimum Gasteiger partial charge on any atom is -2.00 e. The molecule has 0 rings (SSSR count). The smallest absolute Gasteiger partial charge is 2.00 e. The van der Waals surface area contributed by atoms with Gasteiger partial charge in [-0.2, -0.15) is 0 Å². The Morgan fingerprint density at radius 3 is 0.400 bits per heavy atom. The van der Waals surface area contributed by atoms with Crippen molar-refractivity contribution in [3.8, 4) is 0 Å². The van der Waals surface area contributed by atoms with E-state index in [1.54, 1.807) is 0 Å². The average Bonchev–Trinajstić information content (AvgIpc) is 0. The maximum Gasteiger partial charge on any atom is 3.00 e. The fraction of sp³-hybridized carbons (Fsp3) is 0. The van der Waals surface area contributed by atoms with E-state index in [0.717, 1.165) is 0 Å². The standard InChI is InChI=1S/2Cu.2In.S.5Se/q2*+2;2*+3;;5*-2. The third-order valence-corrected chi connectivity index (χ3v) is 0. The van der Waals surface area contributed by atoms with Gasteiger partial charge < -0.3 is 85.3 Å². The summed E-state index contributed by atoms with van der Waals surface area (Å²) in [6, 6.07) is 0. The van der Waals surface area contributed by atoms with Gasteiger partial charge in [0.2, 0.25) is 0 Å². The van der Waals surface area contributed by atoms with Gasteiger partial charge in [0.05, 0.1) is 0 Å². The third-order valence-electron chi connectivity index (χ3n) is 0. The molecule has 0 aliphatic heterocycles. The van der Waals surface area contributed by atoms with Crippen LogP contribution in [-0.4, -0.2) is 137 Å². The predicted molar refractivity (Wildman–Crippen MR) is 47.9 cm³/mol. The summed E-state index contributed by atoms with van der Waals surface area (Å²) in [5.41, 5.74) is 0. The zero-order valence-electron chi connectivity index (χ0n) is 4.21. The molecule has 0 spiro atoms. The van der Waals surface area contributed by atoms with Gasteiger partial charge in [0.15, 0.2) is 0 Å². The van der Waals surface area contributed by atoms with Crippen LogP contribution >= 0.6 is 13.5 Å². The SMILES string of the molecule is [Cu+2].[Cu+2].[In+3].[In+3].[S].[Se-2].[Se-2].[Se-2].[Se-2].[Se-2]. The van der Waals surface area contributed by atoms with Crippen molar-refractivity contribution in [2.24, 2.45) is 0 Å². The molecular weight excluding hydrogens is 784 g/mol. The second kappa shape index (κ2) is 84.6. The van der Waals surface area contributed by atoms with Crippen LogP contribution in [0.15, 0.2) is 0 Å². The zero-order chi connectivity index (χ0) is 0. The van der Waals surface area contributed by atoms with Crippen molar-refractivity contribution < 1.29 is 34.1 Å². The maximum absolute atomic E-state index is 0. The van der Waals surface area contributed by atoms with E-state index in [0.29, 0.717) is 0 Å². The minimum absolute atomic E-state index is 0. The van der Waals surface area contributed by atoms with Crippen LogP contribution in [0.3, 0.4) is 0 Å². The number of hydrogen-bond acceptors (Lipinski definition) is 0. The van der Waals surface area contributed by atoms with Crippen molar-refractivity contribution >= 4 is 151 Å². The Labute approximate surface area is 181 Å². The second-order valence-corrected chi connectivity index (χ2v) is 0. The van der Waals surface area contributed by atoms with Crippen molar-refractivity contribution in [2.75, 3.05) is 0 Å². The van der Waals surface area contributed by atoms with Gasteiger partial charge in [-0.05, 0) is 0 Å². The normalized spacial score (nSPS) is 0. The van der Waals surface area contributed by atoms with Crippen LogP contribution in [0, 0.1) is 0 Å². The molecule has 0 N–H and O–H groups in total. The first-order chi connectivity index (χ1) is 0. The van der Waals surface area contributed by atoms with Crippen LogP contribution in [0.1, 0.15) is 0 Å². The summed E-state index contributed by atoms with van der Waals surface area (Å²) in [6.07, 6.45) is 0. The summed E-state index contributed by atoms with van der Waals surface area (Å²) >= 11 is 0. The first-order valence-electron chi connectivity index (χ1n) is 0. The molecule has 64 valence electrons. The molecule has 0 amide bonds. The topological polar surface area (TPSA) is 0 Å². The van der Waals surface area contributed by atoms with Crippen molar-refractivity contribution in [2.45, 2.75) is 0 Å². The molecule has 10 heavy (non-hydrogen) atoms. The fourth-order valence-corrected chi connectivity index (χ4v) is 0. The van der Waals surface area contributed by atoms with Crippen molar-refractivity contribution in [3.63, 3.8) is 0 Å². The summed E-state index contributed by atoms with van der Waals surface area (Å²) in [5, 5.41) is 0. The van der Waals surface area contributed by atoms with E-state index >= 15 is 0 Å². The minimum atomic E-state index is 0. The summed E-state index contributed by atoms with van der Waals surface area (Å²) in [5.74, 6) is 0. The van der Waals surface area contributed by atoms with Gasteiger partial charge in [-0.1, -0.05) is 0 Å². The molecule has 0 saturated heterocycles. The molecule has 0 aliphatic rings. The van der Waals surface area contributed by atoms with Gasteiger partial charge in [-0.3, -0.25) is 0 Å². The molecule has 0 aromatic heterocycles. The van der Waals surface area contributed by atoms with Crippen molar-refractivity contribution in [1.29, 1.82) is 0 Å². The number of hydrogen-bond donors (Lipinski definition) is 0. The molecule has 0 nitrogen and oxygen atoms in total. The average molecular weight is 784 g/mol.